The van der Waals surface area contributed by atoms with Gasteiger partial charge in [-0.25, -0.2) is 0 Å². The molecule has 0 aliphatic carbocycles. The summed E-state index contributed by atoms with van der Waals surface area (Å²) in [4.78, 5) is 11.4. The maximum atomic E-state index is 13.4. The number of carbonyl (C=O) groups excluding carboxylic acids is 1. The summed E-state index contributed by atoms with van der Waals surface area (Å²) >= 11 is 0. The summed E-state index contributed by atoms with van der Waals surface area (Å²) < 4.78 is 49.8. The van der Waals surface area contributed by atoms with Crippen molar-refractivity contribution in [3.8, 4) is 5.75 Å². The van der Waals surface area contributed by atoms with E-state index < -0.39 is 36.0 Å². The normalized spacial score (nSPS) is 14.9. The predicted molar refractivity (Wildman–Crippen MR) is 83.0 cm³/mol. The van der Waals surface area contributed by atoms with Crippen molar-refractivity contribution in [1.29, 1.82) is 0 Å². The van der Waals surface area contributed by atoms with Gasteiger partial charge in [-0.15, -0.1) is 0 Å². The molecule has 1 aromatic rings. The summed E-state index contributed by atoms with van der Waals surface area (Å²) in [5.74, 6) is -0.699. The van der Waals surface area contributed by atoms with Crippen molar-refractivity contribution in [1.82, 2.24) is 0 Å². The Hall–Kier alpha value is -1.76. The molecule has 0 heterocycles. The van der Waals surface area contributed by atoms with E-state index in [2.05, 4.69) is 4.74 Å². The van der Waals surface area contributed by atoms with Gasteiger partial charge in [0, 0.05) is 5.56 Å². The molecule has 0 radical (unpaired) electrons. The minimum Gasteiger partial charge on any atom is -0.496 e. The van der Waals surface area contributed by atoms with Crippen molar-refractivity contribution >= 4 is 5.97 Å². The van der Waals surface area contributed by atoms with Gasteiger partial charge >= 0.3 is 12.1 Å². The molecule has 136 valence electrons. The number of benzene rings is 1. The predicted octanol–water partition coefficient (Wildman–Crippen LogP) is 3.53. The quantitative estimate of drug-likeness (QED) is 0.799. The largest absolute Gasteiger partial charge is 0.496 e. The standard InChI is InChI=1S/C17H23F3O4/c1-11-6-7-13(23-4)12(8-11)15(2,3)10-16(22,17(18,19)20)9-14(21)24-5/h6-8,22H,9-10H2,1-5H3. The summed E-state index contributed by atoms with van der Waals surface area (Å²) in [6, 6.07) is 5.16. The molecule has 0 aromatic heterocycles. The van der Waals surface area contributed by atoms with Crippen LogP contribution in [-0.2, 0) is 14.9 Å². The van der Waals surface area contributed by atoms with Gasteiger partial charge in [-0.3, -0.25) is 4.79 Å². The van der Waals surface area contributed by atoms with Gasteiger partial charge < -0.3 is 14.6 Å². The van der Waals surface area contributed by atoms with Crippen LogP contribution in [0.4, 0.5) is 13.2 Å². The Balaban J connectivity index is 3.30. The van der Waals surface area contributed by atoms with E-state index in [9.17, 15) is 23.1 Å². The monoisotopic (exact) mass is 348 g/mol. The first-order valence-corrected chi connectivity index (χ1v) is 7.37. The average molecular weight is 348 g/mol. The molecular formula is C17H23F3O4. The van der Waals surface area contributed by atoms with Crippen molar-refractivity contribution in [3.05, 3.63) is 29.3 Å². The molecule has 1 unspecified atom stereocenters. The molecule has 24 heavy (non-hydrogen) atoms. The maximum Gasteiger partial charge on any atom is 0.417 e. The summed E-state index contributed by atoms with van der Waals surface area (Å²) in [6.07, 6.45) is -6.85. The summed E-state index contributed by atoms with van der Waals surface area (Å²) in [6.45, 7) is 4.94. The highest BCUT2D eigenvalue weighted by Gasteiger charge is 2.57. The number of halogens is 3. The van der Waals surface area contributed by atoms with Gasteiger partial charge in [0.25, 0.3) is 0 Å². The Morgan fingerprint density at radius 1 is 1.21 bits per heavy atom. The third-order valence-corrected chi connectivity index (χ3v) is 4.01. The minimum atomic E-state index is -4.98. The maximum absolute atomic E-state index is 13.4. The number of esters is 1. The number of methoxy groups -OCH3 is 2. The minimum absolute atomic E-state index is 0.424. The molecule has 0 saturated carbocycles. The molecule has 0 aliphatic rings. The fourth-order valence-electron chi connectivity index (χ4n) is 2.75. The Kier molecular flexibility index (Phi) is 5.92. The first-order chi connectivity index (χ1) is 10.9. The molecule has 1 N–H and O–H groups in total. The van der Waals surface area contributed by atoms with Crippen molar-refractivity contribution in [3.63, 3.8) is 0 Å². The van der Waals surface area contributed by atoms with E-state index >= 15 is 0 Å². The number of aliphatic hydroxyl groups is 1. The Bertz CT molecular complexity index is 596. The molecule has 0 aliphatic heterocycles. The van der Waals surface area contributed by atoms with E-state index in [4.69, 9.17) is 4.74 Å². The Morgan fingerprint density at radius 2 is 1.79 bits per heavy atom. The van der Waals surface area contributed by atoms with Crippen molar-refractivity contribution < 1.29 is 32.5 Å². The smallest absolute Gasteiger partial charge is 0.417 e. The lowest BCUT2D eigenvalue weighted by molar-refractivity contribution is -0.269. The molecule has 4 nitrogen and oxygen atoms in total. The topological polar surface area (TPSA) is 55.8 Å². The van der Waals surface area contributed by atoms with Crippen LogP contribution < -0.4 is 4.74 Å². The fourth-order valence-corrected chi connectivity index (χ4v) is 2.75. The van der Waals surface area contributed by atoms with Gasteiger partial charge in [-0.1, -0.05) is 31.5 Å². The SMILES string of the molecule is COC(=O)CC(O)(CC(C)(C)c1cc(C)ccc1OC)C(F)(F)F. The third kappa shape index (κ3) is 4.41. The van der Waals surface area contributed by atoms with Gasteiger partial charge in [0.15, 0.2) is 5.60 Å². The van der Waals surface area contributed by atoms with Gasteiger partial charge in [-0.2, -0.15) is 13.2 Å². The summed E-state index contributed by atoms with van der Waals surface area (Å²) in [5, 5.41) is 10.2. The molecule has 0 bridgehead atoms. The van der Waals surface area contributed by atoms with E-state index in [1.807, 2.05) is 6.92 Å². The van der Waals surface area contributed by atoms with E-state index in [-0.39, 0.29) is 0 Å². The van der Waals surface area contributed by atoms with Crippen LogP contribution >= 0.6 is 0 Å². The van der Waals surface area contributed by atoms with Crippen molar-refractivity contribution in [2.24, 2.45) is 0 Å². The molecule has 7 heteroatoms. The zero-order chi connectivity index (χ0) is 18.8. The van der Waals surface area contributed by atoms with Crippen LogP contribution in [0.3, 0.4) is 0 Å². The van der Waals surface area contributed by atoms with Crippen LogP contribution in [0.15, 0.2) is 18.2 Å². The Labute approximate surface area is 139 Å². The van der Waals surface area contributed by atoms with Crippen LogP contribution in [0.2, 0.25) is 0 Å². The highest BCUT2D eigenvalue weighted by molar-refractivity contribution is 5.70. The van der Waals surface area contributed by atoms with Crippen LogP contribution in [-0.4, -0.2) is 37.1 Å². The van der Waals surface area contributed by atoms with Gasteiger partial charge in [0.2, 0.25) is 0 Å². The molecule has 0 amide bonds. The lowest BCUT2D eigenvalue weighted by Crippen LogP contribution is -2.50. The second kappa shape index (κ2) is 7.01. The highest BCUT2D eigenvalue weighted by Crippen LogP contribution is 2.45. The summed E-state index contributed by atoms with van der Waals surface area (Å²) in [7, 11) is 2.41. The second-order valence-electron chi connectivity index (χ2n) is 6.55. The van der Waals surface area contributed by atoms with Crippen molar-refractivity contribution in [2.45, 2.75) is 50.8 Å². The molecule has 1 rings (SSSR count). The molecular weight excluding hydrogens is 325 g/mol. The van der Waals surface area contributed by atoms with Crippen LogP contribution in [0.25, 0.3) is 0 Å². The number of carbonyl (C=O) groups is 1. The molecule has 0 spiro atoms. The lowest BCUT2D eigenvalue weighted by atomic mass is 9.73. The van der Waals surface area contributed by atoms with E-state index in [1.165, 1.54) is 7.11 Å². The van der Waals surface area contributed by atoms with Crippen LogP contribution in [0.5, 0.6) is 5.75 Å². The van der Waals surface area contributed by atoms with Gasteiger partial charge in [0.05, 0.1) is 20.6 Å². The first-order valence-electron chi connectivity index (χ1n) is 7.37. The first kappa shape index (κ1) is 20.3. The zero-order valence-electron chi connectivity index (χ0n) is 14.5. The average Bonchev–Trinajstić information content (AvgIpc) is 2.45. The fraction of sp³-hybridized carbons (Fsp3) is 0.588. The number of rotatable bonds is 6. The zero-order valence-corrected chi connectivity index (χ0v) is 14.5. The molecule has 1 atom stereocenters. The number of hydrogen-bond donors (Lipinski definition) is 1. The van der Waals surface area contributed by atoms with Crippen LogP contribution in [0.1, 0.15) is 37.8 Å². The molecule has 0 saturated heterocycles. The number of hydrogen-bond acceptors (Lipinski definition) is 4. The number of alkyl halides is 3. The number of ether oxygens (including phenoxy) is 2. The second-order valence-corrected chi connectivity index (χ2v) is 6.55. The van der Waals surface area contributed by atoms with Gasteiger partial charge in [-0.05, 0) is 24.8 Å². The van der Waals surface area contributed by atoms with E-state index in [0.717, 1.165) is 12.7 Å². The lowest BCUT2D eigenvalue weighted by Gasteiger charge is -2.37. The molecule has 0 fully saturated rings. The van der Waals surface area contributed by atoms with Gasteiger partial charge in [0.1, 0.15) is 5.75 Å². The van der Waals surface area contributed by atoms with Crippen molar-refractivity contribution in [2.75, 3.05) is 14.2 Å². The van der Waals surface area contributed by atoms with E-state index in [0.29, 0.717) is 11.3 Å². The Morgan fingerprint density at radius 3 is 2.25 bits per heavy atom. The summed E-state index contributed by atoms with van der Waals surface area (Å²) in [5.41, 5.74) is -2.92. The highest BCUT2D eigenvalue weighted by atomic mass is 19.4. The number of aryl methyl sites for hydroxylation is 1. The van der Waals surface area contributed by atoms with E-state index in [1.54, 1.807) is 32.0 Å². The molecule has 1 aromatic carbocycles. The third-order valence-electron chi connectivity index (χ3n) is 4.01. The van der Waals surface area contributed by atoms with Crippen LogP contribution in [0, 0.1) is 6.92 Å².